The lowest BCUT2D eigenvalue weighted by Gasteiger charge is -2.27. The van der Waals surface area contributed by atoms with Crippen LogP contribution in [0.25, 0.3) is 0 Å². The molecule has 0 radical (unpaired) electrons. The van der Waals surface area contributed by atoms with E-state index in [1.165, 1.54) is 0 Å². The molecule has 3 atom stereocenters. The Balaban J connectivity index is 2.73. The van der Waals surface area contributed by atoms with E-state index in [0.717, 1.165) is 45.2 Å². The second-order valence-corrected chi connectivity index (χ2v) is 6.16. The first kappa shape index (κ1) is 17.0. The normalized spacial score (nSPS) is 25.6. The molecule has 1 aliphatic carbocycles. The van der Waals surface area contributed by atoms with Gasteiger partial charge < -0.3 is 10.0 Å². The molecule has 0 aromatic carbocycles. The predicted octanol–water partition coefficient (Wildman–Crippen LogP) is 3.16. The smallest absolute Gasteiger partial charge is 0.307 e. The van der Waals surface area contributed by atoms with Crippen molar-refractivity contribution in [3.63, 3.8) is 0 Å². The largest absolute Gasteiger partial charge is 0.481 e. The second-order valence-electron chi connectivity index (χ2n) is 6.16. The third-order valence-corrected chi connectivity index (χ3v) is 4.31. The van der Waals surface area contributed by atoms with Crippen LogP contribution in [0.15, 0.2) is 0 Å². The van der Waals surface area contributed by atoms with Gasteiger partial charge in [-0.3, -0.25) is 9.59 Å². The van der Waals surface area contributed by atoms with Gasteiger partial charge in [0.2, 0.25) is 5.91 Å². The lowest BCUT2D eigenvalue weighted by atomic mass is 9.94. The minimum Gasteiger partial charge on any atom is -0.481 e. The summed E-state index contributed by atoms with van der Waals surface area (Å²) in [7, 11) is 0. The first-order chi connectivity index (χ1) is 9.51. The number of amides is 1. The lowest BCUT2D eigenvalue weighted by molar-refractivity contribution is -0.149. The van der Waals surface area contributed by atoms with Gasteiger partial charge in [0, 0.05) is 13.1 Å². The molecule has 0 saturated heterocycles. The van der Waals surface area contributed by atoms with Gasteiger partial charge in [0.25, 0.3) is 0 Å². The SMILES string of the molecule is CCCCN(CCCC)C(=O)[C@H]1CC(C)C[C@H]1C(=O)O. The van der Waals surface area contributed by atoms with Crippen LogP contribution in [-0.4, -0.2) is 35.0 Å². The van der Waals surface area contributed by atoms with Crippen LogP contribution in [0.3, 0.4) is 0 Å². The van der Waals surface area contributed by atoms with Gasteiger partial charge in [0.15, 0.2) is 0 Å². The van der Waals surface area contributed by atoms with Gasteiger partial charge in [0.05, 0.1) is 11.8 Å². The van der Waals surface area contributed by atoms with Crippen LogP contribution in [0, 0.1) is 17.8 Å². The molecule has 0 heterocycles. The van der Waals surface area contributed by atoms with Gasteiger partial charge in [-0.1, -0.05) is 33.6 Å². The maximum Gasteiger partial charge on any atom is 0.307 e. The number of rotatable bonds is 8. The van der Waals surface area contributed by atoms with Crippen molar-refractivity contribution in [2.24, 2.45) is 17.8 Å². The molecular weight excluding hydrogens is 254 g/mol. The Morgan fingerprint density at radius 1 is 1.05 bits per heavy atom. The fourth-order valence-corrected chi connectivity index (χ4v) is 3.10. The Labute approximate surface area is 122 Å². The van der Waals surface area contributed by atoms with Crippen molar-refractivity contribution >= 4 is 11.9 Å². The summed E-state index contributed by atoms with van der Waals surface area (Å²) in [6.45, 7) is 7.81. The van der Waals surface area contributed by atoms with Crippen LogP contribution in [0.5, 0.6) is 0 Å². The van der Waals surface area contributed by atoms with Gasteiger partial charge in [-0.2, -0.15) is 0 Å². The predicted molar refractivity (Wildman–Crippen MR) is 79.4 cm³/mol. The number of carboxylic acid groups (broad SMARTS) is 1. The van der Waals surface area contributed by atoms with E-state index in [1.54, 1.807) is 0 Å². The molecule has 20 heavy (non-hydrogen) atoms. The van der Waals surface area contributed by atoms with Crippen molar-refractivity contribution in [2.75, 3.05) is 13.1 Å². The van der Waals surface area contributed by atoms with Crippen LogP contribution in [-0.2, 0) is 9.59 Å². The molecule has 1 rings (SSSR count). The van der Waals surface area contributed by atoms with Crippen LogP contribution < -0.4 is 0 Å². The highest BCUT2D eigenvalue weighted by molar-refractivity contribution is 5.85. The van der Waals surface area contributed by atoms with Crippen molar-refractivity contribution in [1.29, 1.82) is 0 Å². The summed E-state index contributed by atoms with van der Waals surface area (Å²) in [4.78, 5) is 25.9. The zero-order valence-corrected chi connectivity index (χ0v) is 13.1. The van der Waals surface area contributed by atoms with Crippen molar-refractivity contribution in [1.82, 2.24) is 4.90 Å². The molecule has 0 aliphatic heterocycles. The first-order valence-electron chi connectivity index (χ1n) is 8.02. The average Bonchev–Trinajstić information content (AvgIpc) is 2.80. The van der Waals surface area contributed by atoms with Crippen LogP contribution in [0.1, 0.15) is 59.3 Å². The average molecular weight is 283 g/mol. The van der Waals surface area contributed by atoms with Gasteiger partial charge in [0.1, 0.15) is 0 Å². The summed E-state index contributed by atoms with van der Waals surface area (Å²) < 4.78 is 0. The zero-order valence-electron chi connectivity index (χ0n) is 13.1. The number of carbonyl (C=O) groups excluding carboxylic acids is 1. The number of hydrogen-bond donors (Lipinski definition) is 1. The van der Waals surface area contributed by atoms with Gasteiger partial charge in [-0.15, -0.1) is 0 Å². The molecule has 1 saturated carbocycles. The second kappa shape index (κ2) is 8.28. The van der Waals surface area contributed by atoms with Crippen molar-refractivity contribution in [3.05, 3.63) is 0 Å². The number of nitrogens with zero attached hydrogens (tertiary/aromatic N) is 1. The molecule has 0 aromatic heterocycles. The number of unbranched alkanes of at least 4 members (excludes halogenated alkanes) is 2. The molecule has 1 fully saturated rings. The highest BCUT2D eigenvalue weighted by Crippen LogP contribution is 2.37. The Morgan fingerprint density at radius 2 is 1.55 bits per heavy atom. The summed E-state index contributed by atoms with van der Waals surface area (Å²) in [5.74, 6) is -1.19. The molecule has 0 spiro atoms. The Hall–Kier alpha value is -1.06. The zero-order chi connectivity index (χ0) is 15.1. The summed E-state index contributed by atoms with van der Waals surface area (Å²) in [5, 5.41) is 9.31. The molecule has 0 aromatic rings. The van der Waals surface area contributed by atoms with E-state index in [0.29, 0.717) is 12.3 Å². The highest BCUT2D eigenvalue weighted by atomic mass is 16.4. The molecule has 1 unspecified atom stereocenters. The standard InChI is InChI=1S/C16H29NO3/c1-4-6-8-17(9-7-5-2)15(18)13-10-12(3)11-14(13)16(19)20/h12-14H,4-11H2,1-3H3,(H,19,20)/t12?,13-,14+/m0/s1. The topological polar surface area (TPSA) is 57.6 Å². The molecule has 0 bridgehead atoms. The Morgan fingerprint density at radius 3 is 2.00 bits per heavy atom. The van der Waals surface area contributed by atoms with E-state index < -0.39 is 11.9 Å². The lowest BCUT2D eigenvalue weighted by Crippen LogP contribution is -2.40. The molecule has 116 valence electrons. The number of carbonyl (C=O) groups is 2. The molecule has 4 heteroatoms. The van der Waals surface area contributed by atoms with E-state index >= 15 is 0 Å². The van der Waals surface area contributed by atoms with Crippen molar-refractivity contribution < 1.29 is 14.7 Å². The summed E-state index contributed by atoms with van der Waals surface area (Å²) in [6.07, 6.45) is 5.47. The van der Waals surface area contributed by atoms with E-state index in [1.807, 2.05) is 11.8 Å². The fraction of sp³-hybridized carbons (Fsp3) is 0.875. The fourth-order valence-electron chi connectivity index (χ4n) is 3.10. The Bertz CT molecular complexity index is 322. The maximum atomic E-state index is 12.7. The molecule has 1 N–H and O–H groups in total. The van der Waals surface area contributed by atoms with Crippen LogP contribution in [0.2, 0.25) is 0 Å². The third-order valence-electron chi connectivity index (χ3n) is 4.31. The van der Waals surface area contributed by atoms with Crippen LogP contribution in [0.4, 0.5) is 0 Å². The minimum atomic E-state index is -0.807. The van der Waals surface area contributed by atoms with E-state index in [2.05, 4.69) is 13.8 Å². The van der Waals surface area contributed by atoms with Gasteiger partial charge in [-0.05, 0) is 31.6 Å². The number of hydrogen-bond acceptors (Lipinski definition) is 2. The monoisotopic (exact) mass is 283 g/mol. The minimum absolute atomic E-state index is 0.0728. The Kier molecular flexibility index (Phi) is 7.03. The van der Waals surface area contributed by atoms with Gasteiger partial charge >= 0.3 is 5.97 Å². The van der Waals surface area contributed by atoms with Gasteiger partial charge in [-0.25, -0.2) is 0 Å². The van der Waals surface area contributed by atoms with E-state index in [9.17, 15) is 14.7 Å². The molecule has 4 nitrogen and oxygen atoms in total. The first-order valence-corrected chi connectivity index (χ1v) is 8.02. The summed E-state index contributed by atoms with van der Waals surface area (Å²) in [5.41, 5.74) is 0. The molecule has 1 amide bonds. The van der Waals surface area contributed by atoms with Crippen molar-refractivity contribution in [2.45, 2.75) is 59.3 Å². The quantitative estimate of drug-likeness (QED) is 0.744. The van der Waals surface area contributed by atoms with Crippen LogP contribution >= 0.6 is 0 Å². The van der Waals surface area contributed by atoms with Crippen molar-refractivity contribution in [3.8, 4) is 0 Å². The van der Waals surface area contributed by atoms with E-state index in [4.69, 9.17) is 0 Å². The summed E-state index contributed by atoms with van der Waals surface area (Å²) in [6, 6.07) is 0. The maximum absolute atomic E-state index is 12.7. The molecular formula is C16H29NO3. The molecule has 1 aliphatic rings. The number of carboxylic acids is 1. The highest BCUT2D eigenvalue weighted by Gasteiger charge is 2.42. The summed E-state index contributed by atoms with van der Waals surface area (Å²) >= 11 is 0. The van der Waals surface area contributed by atoms with E-state index in [-0.39, 0.29) is 11.8 Å². The number of aliphatic carboxylic acids is 1. The third kappa shape index (κ3) is 4.50.